The van der Waals surface area contributed by atoms with Gasteiger partial charge in [0.05, 0.1) is 16.9 Å². The molecule has 8 nitrogen and oxygen atoms in total. The standard InChI is InChI=1S/C25H21F2N7O/c1-14-12-30-25-33-20-11-16(13-29-22(20)27)19-8-7-18(21(26)32-19)24(35)28-9-3-5-15-4-2-6-17(10-15)31-23(14)34-25/h2,4,6-8,10-13H,3,5,9H2,1H3,(H,28,35)(H2,30,31,33,34). The molecule has 0 saturated carbocycles. The van der Waals surface area contributed by atoms with Crippen molar-refractivity contribution in [3.05, 3.63) is 83.4 Å². The molecule has 35 heavy (non-hydrogen) atoms. The predicted molar refractivity (Wildman–Crippen MR) is 128 cm³/mol. The molecule has 0 spiro atoms. The number of benzene rings is 1. The van der Waals surface area contributed by atoms with Gasteiger partial charge in [0.2, 0.25) is 17.8 Å². The first kappa shape index (κ1) is 22.3. The summed E-state index contributed by atoms with van der Waals surface area (Å²) in [6, 6.07) is 12.1. The van der Waals surface area contributed by atoms with Crippen LogP contribution < -0.4 is 16.0 Å². The molecule has 8 bridgehead atoms. The quantitative estimate of drug-likeness (QED) is 0.319. The molecular weight excluding hydrogens is 452 g/mol. The number of hydrogen-bond donors (Lipinski definition) is 3. The number of nitrogens with zero attached hydrogens (tertiary/aromatic N) is 4. The maximum absolute atomic E-state index is 14.7. The highest BCUT2D eigenvalue weighted by Gasteiger charge is 2.16. The van der Waals surface area contributed by atoms with E-state index < -0.39 is 17.8 Å². The van der Waals surface area contributed by atoms with Crippen molar-refractivity contribution >= 4 is 29.0 Å². The molecule has 0 fully saturated rings. The Kier molecular flexibility index (Phi) is 6.01. The van der Waals surface area contributed by atoms with Crippen LogP contribution in [0.1, 0.15) is 27.9 Å². The Morgan fingerprint density at radius 2 is 1.83 bits per heavy atom. The van der Waals surface area contributed by atoms with Gasteiger partial charge in [0, 0.05) is 35.8 Å². The molecule has 0 atom stereocenters. The monoisotopic (exact) mass is 473 g/mol. The van der Waals surface area contributed by atoms with E-state index >= 15 is 0 Å². The summed E-state index contributed by atoms with van der Waals surface area (Å²) >= 11 is 0. The van der Waals surface area contributed by atoms with Crippen LogP contribution in [0.3, 0.4) is 0 Å². The number of nitrogens with one attached hydrogen (secondary N) is 3. The Labute approximate surface area is 199 Å². The Morgan fingerprint density at radius 3 is 2.69 bits per heavy atom. The van der Waals surface area contributed by atoms with Crippen molar-refractivity contribution in [2.75, 3.05) is 17.2 Å². The summed E-state index contributed by atoms with van der Waals surface area (Å²) in [5.41, 5.74) is 3.09. The van der Waals surface area contributed by atoms with Crippen LogP contribution in [0.25, 0.3) is 11.3 Å². The van der Waals surface area contributed by atoms with Crippen molar-refractivity contribution in [1.82, 2.24) is 25.3 Å². The minimum absolute atomic E-state index is 0.00210. The minimum Gasteiger partial charge on any atom is -0.352 e. The number of amides is 1. The molecule has 0 aliphatic carbocycles. The van der Waals surface area contributed by atoms with E-state index in [9.17, 15) is 13.6 Å². The van der Waals surface area contributed by atoms with Gasteiger partial charge in [0.25, 0.3) is 5.91 Å². The molecule has 5 heterocycles. The van der Waals surface area contributed by atoms with Gasteiger partial charge < -0.3 is 16.0 Å². The summed E-state index contributed by atoms with van der Waals surface area (Å²) in [5.74, 6) is -1.52. The Morgan fingerprint density at radius 1 is 0.943 bits per heavy atom. The van der Waals surface area contributed by atoms with Crippen molar-refractivity contribution < 1.29 is 13.6 Å². The Bertz CT molecular complexity index is 1430. The topological polar surface area (TPSA) is 105 Å². The van der Waals surface area contributed by atoms with Gasteiger partial charge in [-0.25, -0.2) is 15.0 Å². The molecule has 3 aromatic heterocycles. The lowest BCUT2D eigenvalue weighted by Crippen LogP contribution is -2.26. The maximum Gasteiger partial charge on any atom is 0.255 e. The van der Waals surface area contributed by atoms with Crippen molar-refractivity contribution in [3.8, 4) is 11.3 Å². The van der Waals surface area contributed by atoms with Gasteiger partial charge in [-0.3, -0.25) is 4.79 Å². The van der Waals surface area contributed by atoms with Crippen molar-refractivity contribution in [2.45, 2.75) is 19.8 Å². The first-order chi connectivity index (χ1) is 17.0. The third kappa shape index (κ3) is 4.91. The van der Waals surface area contributed by atoms with E-state index in [1.54, 1.807) is 6.20 Å². The smallest absolute Gasteiger partial charge is 0.255 e. The van der Waals surface area contributed by atoms with Gasteiger partial charge >= 0.3 is 0 Å². The zero-order valence-electron chi connectivity index (χ0n) is 18.8. The van der Waals surface area contributed by atoms with Crippen molar-refractivity contribution in [3.63, 3.8) is 0 Å². The second-order valence-electron chi connectivity index (χ2n) is 8.13. The van der Waals surface area contributed by atoms with E-state index in [0.29, 0.717) is 30.8 Å². The molecule has 10 heteroatoms. The number of carbonyl (C=O) groups excluding carboxylic acids is 1. The molecule has 4 aromatic rings. The van der Waals surface area contributed by atoms with E-state index in [4.69, 9.17) is 0 Å². The number of aryl methyl sites for hydroxylation is 2. The van der Waals surface area contributed by atoms with Crippen LogP contribution in [0.15, 0.2) is 54.9 Å². The zero-order chi connectivity index (χ0) is 24.4. The average Bonchev–Trinajstić information content (AvgIpc) is 2.85. The molecular formula is C25H21F2N7O. The molecule has 0 radical (unpaired) electrons. The molecule has 0 unspecified atom stereocenters. The highest BCUT2D eigenvalue weighted by molar-refractivity contribution is 5.94. The molecule has 176 valence electrons. The fourth-order valence-corrected chi connectivity index (χ4v) is 3.72. The second-order valence-corrected chi connectivity index (χ2v) is 8.13. The van der Waals surface area contributed by atoms with Gasteiger partial charge in [0.15, 0.2) is 0 Å². The summed E-state index contributed by atoms with van der Waals surface area (Å²) in [6.45, 7) is 2.24. The fraction of sp³-hybridized carbons (Fsp3) is 0.160. The third-order valence-electron chi connectivity index (χ3n) is 5.56. The summed E-state index contributed by atoms with van der Waals surface area (Å²) < 4.78 is 29.2. The number of aromatic nitrogens is 4. The molecule has 0 saturated heterocycles. The zero-order valence-corrected chi connectivity index (χ0v) is 18.8. The fourth-order valence-electron chi connectivity index (χ4n) is 3.72. The van der Waals surface area contributed by atoms with E-state index in [1.165, 1.54) is 24.4 Å². The van der Waals surface area contributed by atoms with Gasteiger partial charge in [-0.05, 0) is 55.7 Å². The predicted octanol–water partition coefficient (Wildman–Crippen LogP) is 4.68. The normalized spacial score (nSPS) is 13.4. The van der Waals surface area contributed by atoms with E-state index in [2.05, 4.69) is 35.9 Å². The maximum atomic E-state index is 14.7. The summed E-state index contributed by atoms with van der Waals surface area (Å²) in [6.07, 6.45) is 4.25. The number of carbonyl (C=O) groups is 1. The third-order valence-corrected chi connectivity index (χ3v) is 5.56. The number of fused-ring (bicyclic) bond motifs is 6. The second kappa shape index (κ2) is 9.41. The van der Waals surface area contributed by atoms with Crippen LogP contribution in [0.5, 0.6) is 0 Å². The van der Waals surface area contributed by atoms with Gasteiger partial charge in [-0.1, -0.05) is 12.1 Å². The van der Waals surface area contributed by atoms with Gasteiger partial charge in [-0.2, -0.15) is 13.8 Å². The number of hydrogen-bond acceptors (Lipinski definition) is 7. The van der Waals surface area contributed by atoms with Crippen LogP contribution in [0.4, 0.5) is 31.9 Å². The first-order valence-corrected chi connectivity index (χ1v) is 11.0. The summed E-state index contributed by atoms with van der Waals surface area (Å²) in [7, 11) is 0. The lowest BCUT2D eigenvalue weighted by Gasteiger charge is -2.13. The molecule has 1 amide bonds. The average molecular weight is 473 g/mol. The van der Waals surface area contributed by atoms with E-state index in [0.717, 1.165) is 16.8 Å². The SMILES string of the molecule is Cc1cnc2nc1Nc1cccc(c1)CCCNC(=O)c1ccc(nc1F)-c1cnc(F)c(c1)N2. The number of rotatable bonds is 0. The summed E-state index contributed by atoms with van der Waals surface area (Å²) in [4.78, 5) is 28.8. The highest BCUT2D eigenvalue weighted by atomic mass is 19.1. The van der Waals surface area contributed by atoms with Crippen LogP contribution in [0.2, 0.25) is 0 Å². The Balaban J connectivity index is 1.57. The number of anilines is 4. The molecule has 1 aromatic carbocycles. The van der Waals surface area contributed by atoms with Crippen LogP contribution in [-0.4, -0.2) is 32.4 Å². The molecule has 6 rings (SSSR count). The molecule has 3 N–H and O–H groups in total. The minimum atomic E-state index is -0.918. The van der Waals surface area contributed by atoms with Crippen molar-refractivity contribution in [2.24, 2.45) is 0 Å². The lowest BCUT2D eigenvalue weighted by molar-refractivity contribution is 0.0948. The number of pyridine rings is 2. The van der Waals surface area contributed by atoms with Gasteiger partial charge in [0.1, 0.15) is 5.82 Å². The highest BCUT2D eigenvalue weighted by Crippen LogP contribution is 2.26. The first-order valence-electron chi connectivity index (χ1n) is 11.0. The lowest BCUT2D eigenvalue weighted by atomic mass is 10.1. The van der Waals surface area contributed by atoms with Crippen LogP contribution >= 0.6 is 0 Å². The van der Waals surface area contributed by atoms with Crippen molar-refractivity contribution in [1.29, 1.82) is 0 Å². The largest absolute Gasteiger partial charge is 0.352 e. The van der Waals surface area contributed by atoms with Crippen LogP contribution in [-0.2, 0) is 6.42 Å². The molecule has 2 aliphatic heterocycles. The summed E-state index contributed by atoms with van der Waals surface area (Å²) in [5, 5.41) is 8.85. The van der Waals surface area contributed by atoms with Crippen LogP contribution in [0, 0.1) is 18.8 Å². The van der Waals surface area contributed by atoms with E-state index in [1.807, 2.05) is 31.2 Å². The number of halogens is 2. The van der Waals surface area contributed by atoms with Gasteiger partial charge in [-0.15, -0.1) is 0 Å². The molecule has 2 aliphatic rings. The van der Waals surface area contributed by atoms with E-state index in [-0.39, 0.29) is 22.9 Å². The Hall–Kier alpha value is -4.47.